The second-order valence-corrected chi connectivity index (χ2v) is 9.95. The Hall–Kier alpha value is -3.49. The Labute approximate surface area is 203 Å². The minimum absolute atomic E-state index is 0.153. The fourth-order valence-corrected chi connectivity index (χ4v) is 4.69. The summed E-state index contributed by atoms with van der Waals surface area (Å²) in [6, 6.07) is 11.6. The van der Waals surface area contributed by atoms with E-state index in [1.807, 2.05) is 54.2 Å². The molecule has 1 amide bonds. The number of oxazole rings is 1. The van der Waals surface area contributed by atoms with Gasteiger partial charge in [-0.15, -0.1) is 0 Å². The first kappa shape index (κ1) is 23.3. The molecule has 1 fully saturated rings. The number of fused-ring (bicyclic) bond motifs is 1. The van der Waals surface area contributed by atoms with Gasteiger partial charge >= 0.3 is 0 Å². The lowest BCUT2D eigenvalue weighted by Crippen LogP contribution is -2.21. The van der Waals surface area contributed by atoms with E-state index in [9.17, 15) is 15.0 Å². The van der Waals surface area contributed by atoms with E-state index in [1.165, 1.54) is 6.26 Å². The zero-order valence-electron chi connectivity index (χ0n) is 20.2. The van der Waals surface area contributed by atoms with Gasteiger partial charge in [-0.1, -0.05) is 17.7 Å². The van der Waals surface area contributed by atoms with Gasteiger partial charge in [0.2, 0.25) is 5.89 Å². The molecule has 1 saturated carbocycles. The van der Waals surface area contributed by atoms with E-state index in [1.54, 1.807) is 13.8 Å². The molecule has 2 aromatic carbocycles. The molecule has 0 bridgehead atoms. The maximum absolute atomic E-state index is 13.1. The van der Waals surface area contributed by atoms with Crippen molar-refractivity contribution in [2.75, 3.05) is 5.32 Å². The van der Waals surface area contributed by atoms with Gasteiger partial charge in [0.25, 0.3) is 5.91 Å². The Balaban J connectivity index is 1.44. The van der Waals surface area contributed by atoms with Gasteiger partial charge in [-0.25, -0.2) is 4.98 Å². The van der Waals surface area contributed by atoms with Gasteiger partial charge in [0.05, 0.1) is 23.3 Å². The number of aryl methyl sites for hydroxylation is 1. The van der Waals surface area contributed by atoms with Crippen molar-refractivity contribution in [3.8, 4) is 11.5 Å². The molecule has 5 rings (SSSR count). The Bertz CT molecular complexity index is 1370. The maximum atomic E-state index is 13.1. The van der Waals surface area contributed by atoms with Gasteiger partial charge in [-0.2, -0.15) is 5.10 Å². The predicted molar refractivity (Wildman–Crippen MR) is 133 cm³/mol. The van der Waals surface area contributed by atoms with Gasteiger partial charge in [-0.05, 0) is 70.7 Å². The van der Waals surface area contributed by atoms with Crippen LogP contribution in [-0.2, 0) is 5.60 Å². The van der Waals surface area contributed by atoms with Crippen LogP contribution in [0.5, 0.6) is 0 Å². The first-order valence-corrected chi connectivity index (χ1v) is 11.9. The van der Waals surface area contributed by atoms with Crippen LogP contribution in [0.25, 0.3) is 22.4 Å². The summed E-state index contributed by atoms with van der Waals surface area (Å²) in [6.45, 7) is 5.33. The fraction of sp³-hybridized carbons (Fsp3) is 0.370. The average Bonchev–Trinajstić information content (AvgIpc) is 3.46. The number of rotatable bonds is 5. The van der Waals surface area contributed by atoms with Crippen LogP contribution in [0, 0.1) is 6.92 Å². The second-order valence-electron chi connectivity index (χ2n) is 9.95. The summed E-state index contributed by atoms with van der Waals surface area (Å²) < 4.78 is 7.50. The number of hydrogen-bond acceptors (Lipinski definition) is 6. The first-order valence-electron chi connectivity index (χ1n) is 11.9. The van der Waals surface area contributed by atoms with Crippen molar-refractivity contribution in [2.45, 2.75) is 64.2 Å². The average molecular weight is 475 g/mol. The summed E-state index contributed by atoms with van der Waals surface area (Å²) >= 11 is 0. The Morgan fingerprint density at radius 1 is 1.17 bits per heavy atom. The highest BCUT2D eigenvalue weighted by molar-refractivity contribution is 6.04. The molecule has 4 aromatic rings. The van der Waals surface area contributed by atoms with Crippen LogP contribution in [0.3, 0.4) is 0 Å². The number of aliphatic hydroxyl groups is 2. The van der Waals surface area contributed by atoms with Crippen molar-refractivity contribution in [3.05, 3.63) is 65.7 Å². The number of carbonyl (C=O) groups excluding carboxylic acids is 1. The van der Waals surface area contributed by atoms with E-state index >= 15 is 0 Å². The summed E-state index contributed by atoms with van der Waals surface area (Å²) in [6.07, 6.45) is 6.33. The summed E-state index contributed by atoms with van der Waals surface area (Å²) in [5.74, 6) is -0.0537. The number of nitrogens with zero attached hydrogens (tertiary/aromatic N) is 3. The summed E-state index contributed by atoms with van der Waals surface area (Å²) in [7, 11) is 0. The highest BCUT2D eigenvalue weighted by atomic mass is 16.3. The summed E-state index contributed by atoms with van der Waals surface area (Å²) in [4.78, 5) is 17.4. The molecule has 8 nitrogen and oxygen atoms in total. The summed E-state index contributed by atoms with van der Waals surface area (Å²) in [5.41, 5.74) is 2.62. The number of aromatic nitrogens is 3. The molecule has 2 heterocycles. The molecule has 0 atom stereocenters. The second kappa shape index (κ2) is 8.94. The number of nitrogens with one attached hydrogen (secondary N) is 1. The van der Waals surface area contributed by atoms with E-state index in [0.717, 1.165) is 47.7 Å². The van der Waals surface area contributed by atoms with E-state index in [0.29, 0.717) is 17.1 Å². The van der Waals surface area contributed by atoms with Crippen molar-refractivity contribution in [2.24, 2.45) is 0 Å². The van der Waals surface area contributed by atoms with Crippen LogP contribution < -0.4 is 5.32 Å². The van der Waals surface area contributed by atoms with Crippen LogP contribution in [-0.4, -0.2) is 37.0 Å². The zero-order chi connectivity index (χ0) is 24.7. The van der Waals surface area contributed by atoms with Crippen LogP contribution in [0.4, 0.5) is 5.69 Å². The number of hydrogen-bond donors (Lipinski definition) is 3. The molecule has 0 spiro atoms. The van der Waals surface area contributed by atoms with Crippen molar-refractivity contribution >= 4 is 22.5 Å². The third kappa shape index (κ3) is 4.85. The predicted octanol–water partition coefficient (Wildman–Crippen LogP) is 4.96. The van der Waals surface area contributed by atoms with E-state index in [-0.39, 0.29) is 17.8 Å². The molecular weight excluding hydrogens is 444 g/mol. The van der Waals surface area contributed by atoms with Crippen molar-refractivity contribution in [1.82, 2.24) is 14.8 Å². The van der Waals surface area contributed by atoms with E-state index < -0.39 is 11.5 Å². The molecule has 0 radical (unpaired) electrons. The zero-order valence-corrected chi connectivity index (χ0v) is 20.2. The monoisotopic (exact) mass is 474 g/mol. The molecular formula is C27H30N4O4. The lowest BCUT2D eigenvalue weighted by molar-refractivity contribution is 0.0793. The number of anilines is 1. The van der Waals surface area contributed by atoms with Gasteiger partial charge in [0.1, 0.15) is 6.26 Å². The fourth-order valence-electron chi connectivity index (χ4n) is 4.69. The quantitative estimate of drug-likeness (QED) is 0.377. The van der Waals surface area contributed by atoms with Crippen LogP contribution in [0.2, 0.25) is 0 Å². The molecule has 1 aliphatic carbocycles. The molecule has 3 N–H and O–H groups in total. The Morgan fingerprint density at radius 3 is 2.66 bits per heavy atom. The van der Waals surface area contributed by atoms with Gasteiger partial charge in [-0.3, -0.25) is 9.48 Å². The van der Waals surface area contributed by atoms with Gasteiger partial charge in [0, 0.05) is 28.4 Å². The minimum atomic E-state index is -1.20. The smallest absolute Gasteiger partial charge is 0.277 e. The van der Waals surface area contributed by atoms with Gasteiger partial charge < -0.3 is 19.9 Å². The number of amides is 1. The molecule has 2 aromatic heterocycles. The highest BCUT2D eigenvalue weighted by Gasteiger charge is 2.26. The number of benzene rings is 2. The molecule has 35 heavy (non-hydrogen) atoms. The maximum Gasteiger partial charge on any atom is 0.277 e. The molecule has 8 heteroatoms. The first-order chi connectivity index (χ1) is 16.7. The van der Waals surface area contributed by atoms with Gasteiger partial charge in [0.15, 0.2) is 5.69 Å². The molecule has 0 aliphatic heterocycles. The van der Waals surface area contributed by atoms with Crippen molar-refractivity contribution in [3.63, 3.8) is 0 Å². The molecule has 0 saturated heterocycles. The van der Waals surface area contributed by atoms with E-state index in [2.05, 4.69) is 10.3 Å². The van der Waals surface area contributed by atoms with Crippen LogP contribution >= 0.6 is 0 Å². The van der Waals surface area contributed by atoms with Crippen LogP contribution in [0.15, 0.2) is 53.3 Å². The lowest BCUT2D eigenvalue weighted by Gasteiger charge is -2.25. The standard InChI is InChI=1S/C27H30N4O4/c1-16-5-4-6-17(11-16)26-29-24(15-35-26)25(33)28-23-12-18-14-31(19-7-9-20(32)10-8-19)30-22(18)13-21(23)27(2,3)34/h4-6,11-15,19-20,32,34H,7-10H2,1-3H3,(H,28,33). The Kier molecular flexibility index (Phi) is 5.94. The van der Waals surface area contributed by atoms with E-state index in [4.69, 9.17) is 9.52 Å². The molecule has 1 aliphatic rings. The Morgan fingerprint density at radius 2 is 1.94 bits per heavy atom. The molecule has 182 valence electrons. The topological polar surface area (TPSA) is 113 Å². The normalized spacial score (nSPS) is 18.7. The SMILES string of the molecule is Cc1cccc(-c2nc(C(=O)Nc3cc4cn(C5CCC(O)CC5)nc4cc3C(C)(C)O)co2)c1. The molecule has 0 unspecified atom stereocenters. The van der Waals surface area contributed by atoms with Crippen LogP contribution in [0.1, 0.15) is 67.2 Å². The van der Waals surface area contributed by atoms with Crippen molar-refractivity contribution in [1.29, 1.82) is 0 Å². The summed E-state index contributed by atoms with van der Waals surface area (Å²) in [5, 5.41) is 29.2. The largest absolute Gasteiger partial charge is 0.444 e. The van der Waals surface area contributed by atoms with Crippen molar-refractivity contribution < 1.29 is 19.4 Å². The highest BCUT2D eigenvalue weighted by Crippen LogP contribution is 2.34. The number of carbonyl (C=O) groups is 1. The lowest BCUT2D eigenvalue weighted by atomic mass is 9.93. The minimum Gasteiger partial charge on any atom is -0.444 e. The third-order valence-corrected chi connectivity index (χ3v) is 6.61. The number of aliphatic hydroxyl groups excluding tert-OH is 1. The third-order valence-electron chi connectivity index (χ3n) is 6.61.